The lowest BCUT2D eigenvalue weighted by molar-refractivity contribution is 0.00578. The Bertz CT molecular complexity index is 2140. The number of hydrogen-bond donors (Lipinski definition) is 0. The van der Waals surface area contributed by atoms with Gasteiger partial charge in [-0.3, -0.25) is 0 Å². The van der Waals surface area contributed by atoms with Crippen LogP contribution in [0.15, 0.2) is 121 Å². The third-order valence-corrected chi connectivity index (χ3v) is 10.3. The zero-order valence-electron chi connectivity index (χ0n) is 26.2. The summed E-state index contributed by atoms with van der Waals surface area (Å²) in [5, 5.41) is 2.49. The van der Waals surface area contributed by atoms with Crippen molar-refractivity contribution in [3.05, 3.63) is 121 Å². The number of benzene rings is 5. The molecule has 1 aliphatic rings. The van der Waals surface area contributed by atoms with Crippen molar-refractivity contribution in [2.45, 2.75) is 38.9 Å². The first kappa shape index (κ1) is 28.8. The normalized spacial score (nSPS) is 15.5. The van der Waals surface area contributed by atoms with Crippen LogP contribution in [0.2, 0.25) is 0 Å². The molecule has 7 aromatic rings. The average Bonchev–Trinajstić information content (AvgIpc) is 3.57. The summed E-state index contributed by atoms with van der Waals surface area (Å²) in [5.74, 6) is 1.93. The summed E-state index contributed by atoms with van der Waals surface area (Å²) >= 11 is 1.80. The molecular weight excluding hydrogens is 585 g/mol. The highest BCUT2D eigenvalue weighted by Crippen LogP contribution is 2.42. The summed E-state index contributed by atoms with van der Waals surface area (Å²) < 4.78 is 15.5. The molecule has 0 radical (unpaired) electrons. The van der Waals surface area contributed by atoms with E-state index in [2.05, 4.69) is 88.4 Å². The van der Waals surface area contributed by atoms with Crippen molar-refractivity contribution in [2.24, 2.45) is 0 Å². The van der Waals surface area contributed by atoms with Gasteiger partial charge in [0, 0.05) is 36.9 Å². The van der Waals surface area contributed by atoms with E-state index in [1.807, 2.05) is 60.7 Å². The molecule has 0 aliphatic carbocycles. The van der Waals surface area contributed by atoms with Crippen LogP contribution in [0, 0.1) is 0 Å². The predicted molar refractivity (Wildman–Crippen MR) is 190 cm³/mol. The third-order valence-electron chi connectivity index (χ3n) is 9.18. The number of thiophene rings is 1. The van der Waals surface area contributed by atoms with Gasteiger partial charge >= 0.3 is 7.12 Å². The van der Waals surface area contributed by atoms with E-state index in [0.717, 1.165) is 33.3 Å². The van der Waals surface area contributed by atoms with Gasteiger partial charge in [0.2, 0.25) is 0 Å². The fourth-order valence-electron chi connectivity index (χ4n) is 5.96. The fourth-order valence-corrected chi connectivity index (χ4v) is 7.14. The van der Waals surface area contributed by atoms with Gasteiger partial charge in [-0.2, -0.15) is 0 Å². The molecule has 0 unspecified atom stereocenters. The predicted octanol–water partition coefficient (Wildman–Crippen LogP) is 9.21. The van der Waals surface area contributed by atoms with Crippen molar-refractivity contribution in [1.82, 2.24) is 15.0 Å². The Morgan fingerprint density at radius 3 is 1.57 bits per heavy atom. The molecule has 1 saturated heterocycles. The highest BCUT2D eigenvalue weighted by molar-refractivity contribution is 7.26. The van der Waals surface area contributed by atoms with Gasteiger partial charge < -0.3 is 9.31 Å². The van der Waals surface area contributed by atoms with Gasteiger partial charge in [0.25, 0.3) is 0 Å². The molecular formula is C39H32BN3O2S. The lowest BCUT2D eigenvalue weighted by atomic mass is 9.77. The average molecular weight is 618 g/mol. The minimum absolute atomic E-state index is 0.420. The molecule has 46 heavy (non-hydrogen) atoms. The van der Waals surface area contributed by atoms with E-state index in [1.165, 1.54) is 20.2 Å². The van der Waals surface area contributed by atoms with Crippen LogP contribution in [0.3, 0.4) is 0 Å². The van der Waals surface area contributed by atoms with Crippen molar-refractivity contribution in [3.8, 4) is 45.3 Å². The van der Waals surface area contributed by atoms with Gasteiger partial charge in [-0.15, -0.1) is 11.3 Å². The van der Waals surface area contributed by atoms with E-state index in [-0.39, 0.29) is 0 Å². The van der Waals surface area contributed by atoms with E-state index in [0.29, 0.717) is 17.5 Å². The van der Waals surface area contributed by atoms with Crippen LogP contribution in [0.25, 0.3) is 65.5 Å². The van der Waals surface area contributed by atoms with Gasteiger partial charge in [-0.25, -0.2) is 15.0 Å². The molecule has 1 fully saturated rings. The second-order valence-corrected chi connectivity index (χ2v) is 13.8. The molecule has 1 aliphatic heterocycles. The maximum Gasteiger partial charge on any atom is 0.494 e. The Morgan fingerprint density at radius 1 is 0.522 bits per heavy atom. The Hall–Kier alpha value is -4.69. The number of fused-ring (bicyclic) bond motifs is 3. The van der Waals surface area contributed by atoms with Crippen LogP contribution < -0.4 is 5.46 Å². The largest absolute Gasteiger partial charge is 0.494 e. The summed E-state index contributed by atoms with van der Waals surface area (Å²) in [6.07, 6.45) is 0. The van der Waals surface area contributed by atoms with Crippen LogP contribution in [-0.4, -0.2) is 33.3 Å². The van der Waals surface area contributed by atoms with Crippen LogP contribution in [-0.2, 0) is 9.31 Å². The highest BCUT2D eigenvalue weighted by atomic mass is 32.1. The molecule has 0 atom stereocenters. The lowest BCUT2D eigenvalue weighted by Crippen LogP contribution is -2.41. The third kappa shape index (κ3) is 5.01. The van der Waals surface area contributed by atoms with E-state index in [9.17, 15) is 0 Å². The van der Waals surface area contributed by atoms with Gasteiger partial charge in [0.1, 0.15) is 0 Å². The molecule has 5 aromatic carbocycles. The SMILES string of the molecule is CC1(C)OB(c2cc(-c3ccc(-c4nc(-c5ccccc5)nc(-c5ccccc5)n4)cc3)c3c(c2)sc2ccccc23)OC1(C)C. The molecule has 0 N–H and O–H groups in total. The van der Waals surface area contributed by atoms with Crippen molar-refractivity contribution < 1.29 is 9.31 Å². The summed E-state index contributed by atoms with van der Waals surface area (Å²) in [6.45, 7) is 8.38. The Labute approximate surface area is 273 Å². The summed E-state index contributed by atoms with van der Waals surface area (Å²) in [6, 6.07) is 41.8. The zero-order valence-corrected chi connectivity index (χ0v) is 27.0. The number of rotatable bonds is 5. The van der Waals surface area contributed by atoms with Gasteiger partial charge in [-0.05, 0) is 56.4 Å². The second kappa shape index (κ2) is 11.0. The summed E-state index contributed by atoms with van der Waals surface area (Å²) in [7, 11) is -0.448. The number of nitrogens with zero attached hydrogens (tertiary/aromatic N) is 3. The molecule has 2 aromatic heterocycles. The standard InChI is InChI=1S/C39H32BN3O2S/c1-38(2)39(3,4)45-40(44-38)29-23-31(34-30-17-11-12-18-32(30)46-33(34)24-29)25-19-21-28(22-20-25)37-42-35(26-13-7-5-8-14-26)41-36(43-37)27-15-9-6-10-16-27/h5-24H,1-4H3. The van der Waals surface area contributed by atoms with Crippen molar-refractivity contribution in [1.29, 1.82) is 0 Å². The van der Waals surface area contributed by atoms with Crippen LogP contribution in [0.4, 0.5) is 0 Å². The first-order valence-electron chi connectivity index (χ1n) is 15.5. The van der Waals surface area contributed by atoms with Crippen molar-refractivity contribution in [3.63, 3.8) is 0 Å². The minimum atomic E-state index is -0.448. The first-order chi connectivity index (χ1) is 22.3. The van der Waals surface area contributed by atoms with Gasteiger partial charge in [0.15, 0.2) is 17.5 Å². The molecule has 0 amide bonds. The van der Waals surface area contributed by atoms with Gasteiger partial charge in [-0.1, -0.05) is 109 Å². The topological polar surface area (TPSA) is 57.1 Å². The lowest BCUT2D eigenvalue weighted by Gasteiger charge is -2.32. The van der Waals surface area contributed by atoms with Gasteiger partial charge in [0.05, 0.1) is 11.2 Å². The Morgan fingerprint density at radius 2 is 1.00 bits per heavy atom. The number of hydrogen-bond acceptors (Lipinski definition) is 6. The Balaban J connectivity index is 1.25. The monoisotopic (exact) mass is 617 g/mol. The number of aromatic nitrogens is 3. The maximum atomic E-state index is 6.50. The quantitative estimate of drug-likeness (QED) is 0.180. The van der Waals surface area contributed by atoms with E-state index in [1.54, 1.807) is 11.3 Å². The smallest absolute Gasteiger partial charge is 0.399 e. The second-order valence-electron chi connectivity index (χ2n) is 12.7. The van der Waals surface area contributed by atoms with E-state index < -0.39 is 18.3 Å². The summed E-state index contributed by atoms with van der Waals surface area (Å²) in [4.78, 5) is 14.7. The van der Waals surface area contributed by atoms with Crippen molar-refractivity contribution >= 4 is 44.1 Å². The van der Waals surface area contributed by atoms with Crippen LogP contribution >= 0.6 is 11.3 Å². The Kier molecular flexibility index (Phi) is 6.87. The van der Waals surface area contributed by atoms with Crippen LogP contribution in [0.5, 0.6) is 0 Å². The molecule has 3 heterocycles. The highest BCUT2D eigenvalue weighted by Gasteiger charge is 2.51. The zero-order chi connectivity index (χ0) is 31.5. The molecule has 7 heteroatoms. The molecule has 8 rings (SSSR count). The fraction of sp³-hybridized carbons (Fsp3) is 0.154. The minimum Gasteiger partial charge on any atom is -0.399 e. The molecule has 5 nitrogen and oxygen atoms in total. The summed E-state index contributed by atoms with van der Waals surface area (Å²) in [5.41, 5.74) is 5.26. The molecule has 0 saturated carbocycles. The van der Waals surface area contributed by atoms with E-state index >= 15 is 0 Å². The van der Waals surface area contributed by atoms with Crippen LogP contribution in [0.1, 0.15) is 27.7 Å². The first-order valence-corrected chi connectivity index (χ1v) is 16.4. The molecule has 0 spiro atoms. The van der Waals surface area contributed by atoms with E-state index in [4.69, 9.17) is 24.3 Å². The van der Waals surface area contributed by atoms with Crippen molar-refractivity contribution in [2.75, 3.05) is 0 Å². The molecule has 0 bridgehead atoms. The molecule has 224 valence electrons. The maximum absolute atomic E-state index is 6.50.